The summed E-state index contributed by atoms with van der Waals surface area (Å²) in [5.41, 5.74) is 14.4. The van der Waals surface area contributed by atoms with E-state index >= 15 is 0 Å². The molecule has 2 heterocycles. The van der Waals surface area contributed by atoms with Crippen LogP contribution < -0.4 is 4.90 Å². The van der Waals surface area contributed by atoms with Crippen LogP contribution in [0, 0.1) is 5.92 Å². The first-order valence-electron chi connectivity index (χ1n) is 21.4. The van der Waals surface area contributed by atoms with Gasteiger partial charge in [-0.05, 0) is 130 Å². The molecule has 0 saturated carbocycles. The summed E-state index contributed by atoms with van der Waals surface area (Å²) in [4.78, 5) is 7.19. The maximum Gasteiger partial charge on any atom is 0.227 e. The van der Waals surface area contributed by atoms with Crippen LogP contribution in [0.15, 0.2) is 217 Å². The highest BCUT2D eigenvalue weighted by molar-refractivity contribution is 6.12. The van der Waals surface area contributed by atoms with Crippen molar-refractivity contribution in [3.8, 4) is 33.7 Å². The van der Waals surface area contributed by atoms with E-state index in [1.54, 1.807) is 0 Å². The third-order valence-electron chi connectivity index (χ3n) is 12.6. The predicted molar refractivity (Wildman–Crippen MR) is 260 cm³/mol. The summed E-state index contributed by atoms with van der Waals surface area (Å²) in [5.74, 6) is 1.06. The smallest absolute Gasteiger partial charge is 0.227 e. The van der Waals surface area contributed by atoms with Crippen LogP contribution in [0.2, 0.25) is 0 Å². The van der Waals surface area contributed by atoms with Crippen molar-refractivity contribution < 1.29 is 4.42 Å². The fourth-order valence-corrected chi connectivity index (χ4v) is 9.52. The van der Waals surface area contributed by atoms with Crippen molar-refractivity contribution in [3.63, 3.8) is 0 Å². The summed E-state index contributed by atoms with van der Waals surface area (Å²) in [6, 6.07) is 69.9. The molecule has 1 atom stereocenters. The average Bonchev–Trinajstić information content (AvgIpc) is 3.92. The minimum atomic E-state index is 0.423. The first kappa shape index (κ1) is 35.9. The van der Waals surface area contributed by atoms with E-state index in [-0.39, 0.29) is 0 Å². The molecule has 2 aromatic heterocycles. The van der Waals surface area contributed by atoms with Crippen molar-refractivity contribution in [2.45, 2.75) is 13.3 Å². The number of allylic oxidation sites excluding steroid dienone is 4. The molecule has 11 aromatic rings. The van der Waals surface area contributed by atoms with Crippen LogP contribution in [0.25, 0.3) is 93.9 Å². The van der Waals surface area contributed by atoms with E-state index < -0.39 is 0 Å². The van der Waals surface area contributed by atoms with Gasteiger partial charge in [-0.3, -0.25) is 0 Å². The minimum absolute atomic E-state index is 0.423. The van der Waals surface area contributed by atoms with E-state index in [2.05, 4.69) is 198 Å². The number of oxazole rings is 1. The Morgan fingerprint density at radius 1 is 0.516 bits per heavy atom. The normalized spacial score (nSPS) is 14.0. The Labute approximate surface area is 359 Å². The van der Waals surface area contributed by atoms with E-state index in [4.69, 9.17) is 9.40 Å². The third kappa shape index (κ3) is 6.02. The van der Waals surface area contributed by atoms with Crippen molar-refractivity contribution in [2.24, 2.45) is 5.92 Å². The molecule has 4 nitrogen and oxygen atoms in total. The first-order valence-corrected chi connectivity index (χ1v) is 21.4. The highest BCUT2D eigenvalue weighted by Crippen LogP contribution is 2.43. The largest absolute Gasteiger partial charge is 0.435 e. The van der Waals surface area contributed by atoms with Crippen molar-refractivity contribution in [1.29, 1.82) is 0 Å². The molecule has 0 N–H and O–H groups in total. The number of aromatic nitrogens is 2. The molecule has 0 saturated heterocycles. The van der Waals surface area contributed by atoms with Gasteiger partial charge < -0.3 is 13.9 Å². The molecule has 9 aromatic carbocycles. The van der Waals surface area contributed by atoms with Crippen molar-refractivity contribution in [1.82, 2.24) is 9.55 Å². The number of hydrogen-bond donors (Lipinski definition) is 0. The Hall–Kier alpha value is -7.95. The van der Waals surface area contributed by atoms with Gasteiger partial charge in [-0.25, -0.2) is 4.98 Å². The van der Waals surface area contributed by atoms with E-state index in [0.29, 0.717) is 11.8 Å². The second-order valence-corrected chi connectivity index (χ2v) is 16.4. The second-order valence-electron chi connectivity index (χ2n) is 16.4. The SMILES string of the molecule is CC1CC=CC=C1n1c2ccccc2c2cc(N(c3ccc(-c4ccc5c(ccc6nc(-c7ccccc7)oc65)c4)cc3)c3ccc(-c4cccc5ccccc45)cc3)ccc21. The zero-order valence-electron chi connectivity index (χ0n) is 34.2. The molecule has 1 aliphatic carbocycles. The van der Waals surface area contributed by atoms with Crippen LogP contribution >= 0.6 is 0 Å². The number of para-hydroxylation sites is 1. The van der Waals surface area contributed by atoms with Crippen LogP contribution in [-0.4, -0.2) is 9.55 Å². The molecular formula is C58H41N3O. The van der Waals surface area contributed by atoms with E-state index in [1.807, 2.05) is 30.3 Å². The standard InChI is InChI=1S/C58H41N3O/c1-38-12-5-9-20-54(38)61-55-21-10-8-18-51(55)52-37-47(32-35-56(52)61)60(46-30-24-41(25-31-46)49-19-11-16-40-13-6-7-17-48(40)49)45-28-22-39(23-29-45)43-26-33-50-44(36-43)27-34-53-57(50)62-58(59-53)42-14-3-2-4-15-42/h2-11,13-38H,12H2,1H3. The van der Waals surface area contributed by atoms with Gasteiger partial charge in [-0.2, -0.15) is 0 Å². The number of rotatable bonds is 7. The molecule has 12 rings (SSSR count). The molecule has 0 radical (unpaired) electrons. The summed E-state index contributed by atoms with van der Waals surface area (Å²) in [5, 5.41) is 7.16. The summed E-state index contributed by atoms with van der Waals surface area (Å²) >= 11 is 0. The molecule has 1 aliphatic rings. The number of benzene rings is 9. The Kier molecular flexibility index (Phi) is 8.49. The summed E-state index contributed by atoms with van der Waals surface area (Å²) in [6.45, 7) is 2.33. The molecule has 0 aliphatic heterocycles. The maximum absolute atomic E-state index is 6.35. The first-order chi connectivity index (χ1) is 30.6. The zero-order chi connectivity index (χ0) is 41.1. The number of fused-ring (bicyclic) bond motifs is 7. The van der Waals surface area contributed by atoms with Gasteiger partial charge in [-0.1, -0.05) is 134 Å². The minimum Gasteiger partial charge on any atom is -0.435 e. The molecule has 0 amide bonds. The lowest BCUT2D eigenvalue weighted by molar-refractivity contribution is 0.623. The lowest BCUT2D eigenvalue weighted by Crippen LogP contribution is -2.10. The summed E-state index contributed by atoms with van der Waals surface area (Å²) in [7, 11) is 0. The van der Waals surface area contributed by atoms with Crippen LogP contribution in [0.4, 0.5) is 17.1 Å². The lowest BCUT2D eigenvalue weighted by Gasteiger charge is -2.26. The van der Waals surface area contributed by atoms with Gasteiger partial charge in [0.15, 0.2) is 5.58 Å². The lowest BCUT2D eigenvalue weighted by atomic mass is 9.98. The van der Waals surface area contributed by atoms with E-state index in [1.165, 1.54) is 49.4 Å². The Bertz CT molecular complexity index is 3550. The van der Waals surface area contributed by atoms with Crippen molar-refractivity contribution >= 4 is 77.2 Å². The quantitative estimate of drug-likeness (QED) is 0.161. The fraction of sp³-hybridized carbons (Fsp3) is 0.0517. The van der Waals surface area contributed by atoms with Crippen molar-refractivity contribution in [3.05, 3.63) is 212 Å². The van der Waals surface area contributed by atoms with E-state index in [9.17, 15) is 0 Å². The van der Waals surface area contributed by atoms with Gasteiger partial charge in [0, 0.05) is 50.4 Å². The van der Waals surface area contributed by atoms with Crippen LogP contribution in [-0.2, 0) is 0 Å². The third-order valence-corrected chi connectivity index (χ3v) is 12.6. The zero-order valence-corrected chi connectivity index (χ0v) is 34.2. The van der Waals surface area contributed by atoms with Gasteiger partial charge in [0.2, 0.25) is 5.89 Å². The molecule has 0 bridgehead atoms. The van der Waals surface area contributed by atoms with Crippen LogP contribution in [0.3, 0.4) is 0 Å². The number of hydrogen-bond acceptors (Lipinski definition) is 3. The number of nitrogens with zero attached hydrogens (tertiary/aromatic N) is 3. The highest BCUT2D eigenvalue weighted by Gasteiger charge is 2.21. The molecule has 1 unspecified atom stereocenters. The topological polar surface area (TPSA) is 34.2 Å². The monoisotopic (exact) mass is 795 g/mol. The average molecular weight is 796 g/mol. The molecular weight excluding hydrogens is 755 g/mol. The van der Waals surface area contributed by atoms with Crippen LogP contribution in [0.1, 0.15) is 13.3 Å². The predicted octanol–water partition coefficient (Wildman–Crippen LogP) is 16.1. The van der Waals surface area contributed by atoms with E-state index in [0.717, 1.165) is 62.0 Å². The summed E-state index contributed by atoms with van der Waals surface area (Å²) < 4.78 is 8.83. The van der Waals surface area contributed by atoms with Crippen molar-refractivity contribution in [2.75, 3.05) is 4.90 Å². The highest BCUT2D eigenvalue weighted by atomic mass is 16.3. The van der Waals surface area contributed by atoms with Gasteiger partial charge in [0.1, 0.15) is 5.52 Å². The van der Waals surface area contributed by atoms with Gasteiger partial charge >= 0.3 is 0 Å². The fourth-order valence-electron chi connectivity index (χ4n) is 9.52. The second kappa shape index (κ2) is 14.6. The Morgan fingerprint density at radius 2 is 1.21 bits per heavy atom. The molecule has 62 heavy (non-hydrogen) atoms. The molecule has 4 heteroatoms. The van der Waals surface area contributed by atoms with Gasteiger partial charge in [0.05, 0.1) is 11.0 Å². The molecule has 294 valence electrons. The maximum atomic E-state index is 6.35. The Balaban J connectivity index is 0.959. The van der Waals surface area contributed by atoms with Gasteiger partial charge in [0.25, 0.3) is 0 Å². The van der Waals surface area contributed by atoms with Crippen LogP contribution in [0.5, 0.6) is 0 Å². The van der Waals surface area contributed by atoms with Gasteiger partial charge in [-0.15, -0.1) is 0 Å². The Morgan fingerprint density at radius 3 is 2.03 bits per heavy atom. The molecule has 0 spiro atoms. The molecule has 0 fully saturated rings. The summed E-state index contributed by atoms with van der Waals surface area (Å²) in [6.07, 6.45) is 7.79. The number of anilines is 3.